The van der Waals surface area contributed by atoms with E-state index in [2.05, 4.69) is 68.5 Å². The Morgan fingerprint density at radius 2 is 1.96 bits per heavy atom. The molecule has 3 rings (SSSR count). The van der Waals surface area contributed by atoms with Crippen molar-refractivity contribution in [3.8, 4) is 0 Å². The lowest BCUT2D eigenvalue weighted by atomic mass is 10.1. The second-order valence-electron chi connectivity index (χ2n) is 6.18. The molecular weight excluding hydrogens is 427 g/mol. The van der Waals surface area contributed by atoms with Crippen molar-refractivity contribution in [1.82, 2.24) is 25.4 Å². The van der Waals surface area contributed by atoms with Gasteiger partial charge >= 0.3 is 0 Å². The predicted molar refractivity (Wildman–Crippen MR) is 111 cm³/mol. The molecule has 1 aliphatic rings. The number of fused-ring (bicyclic) bond motifs is 1. The lowest BCUT2D eigenvalue weighted by molar-refractivity contribution is 0.504. The zero-order chi connectivity index (χ0) is 16.8. The van der Waals surface area contributed by atoms with Crippen molar-refractivity contribution >= 4 is 29.9 Å². The summed E-state index contributed by atoms with van der Waals surface area (Å²) in [5.74, 6) is 2.91. The highest BCUT2D eigenvalue weighted by Crippen LogP contribution is 2.13. The summed E-state index contributed by atoms with van der Waals surface area (Å²) >= 11 is 0. The third-order valence-electron chi connectivity index (χ3n) is 4.23. The van der Waals surface area contributed by atoms with Gasteiger partial charge in [0, 0.05) is 19.5 Å². The number of aryl methyl sites for hydroxylation is 2. The molecule has 0 atom stereocenters. The molecule has 0 aliphatic carbocycles. The smallest absolute Gasteiger partial charge is 0.191 e. The summed E-state index contributed by atoms with van der Waals surface area (Å²) in [6, 6.07) is 8.48. The van der Waals surface area contributed by atoms with E-state index in [4.69, 9.17) is 0 Å². The second-order valence-corrected chi connectivity index (χ2v) is 6.18. The molecule has 0 amide bonds. The number of rotatable bonds is 5. The van der Waals surface area contributed by atoms with Crippen LogP contribution in [0.3, 0.4) is 0 Å². The molecule has 136 valence electrons. The number of nitrogens with one attached hydrogen (secondary N) is 2. The highest BCUT2D eigenvalue weighted by molar-refractivity contribution is 14.0. The van der Waals surface area contributed by atoms with Crippen LogP contribution in [0.5, 0.6) is 0 Å². The van der Waals surface area contributed by atoms with Crippen LogP contribution < -0.4 is 10.6 Å². The van der Waals surface area contributed by atoms with Gasteiger partial charge in [-0.15, -0.1) is 34.2 Å². The molecule has 7 heteroatoms. The van der Waals surface area contributed by atoms with Crippen molar-refractivity contribution in [2.75, 3.05) is 6.54 Å². The Hall–Kier alpha value is -1.64. The minimum Gasteiger partial charge on any atom is -0.357 e. The van der Waals surface area contributed by atoms with Crippen molar-refractivity contribution in [1.29, 1.82) is 0 Å². The zero-order valence-corrected chi connectivity index (χ0v) is 17.3. The Labute approximate surface area is 166 Å². The monoisotopic (exact) mass is 454 g/mol. The van der Waals surface area contributed by atoms with Crippen LogP contribution in [0.1, 0.15) is 42.5 Å². The summed E-state index contributed by atoms with van der Waals surface area (Å²) in [7, 11) is 0. The van der Waals surface area contributed by atoms with E-state index in [1.165, 1.54) is 24.0 Å². The molecule has 25 heavy (non-hydrogen) atoms. The van der Waals surface area contributed by atoms with Crippen molar-refractivity contribution < 1.29 is 0 Å². The average molecular weight is 454 g/mol. The number of halogens is 1. The molecule has 0 saturated heterocycles. The topological polar surface area (TPSA) is 67.1 Å². The van der Waals surface area contributed by atoms with Gasteiger partial charge in [-0.1, -0.05) is 29.8 Å². The molecule has 2 N–H and O–H groups in total. The van der Waals surface area contributed by atoms with Crippen molar-refractivity contribution in [2.24, 2.45) is 4.99 Å². The third-order valence-corrected chi connectivity index (χ3v) is 4.23. The van der Waals surface area contributed by atoms with Crippen molar-refractivity contribution in [3.05, 3.63) is 47.0 Å². The molecule has 2 aromatic rings. The first-order chi connectivity index (χ1) is 11.8. The first-order valence-corrected chi connectivity index (χ1v) is 8.75. The summed E-state index contributed by atoms with van der Waals surface area (Å²) in [5.41, 5.74) is 2.47. The molecular formula is C18H27IN6. The average Bonchev–Trinajstić information content (AvgIpc) is 3.02. The second kappa shape index (κ2) is 9.74. The summed E-state index contributed by atoms with van der Waals surface area (Å²) in [6.07, 6.45) is 3.46. The molecule has 2 heterocycles. The zero-order valence-electron chi connectivity index (χ0n) is 15.0. The molecule has 6 nitrogen and oxygen atoms in total. The van der Waals surface area contributed by atoms with E-state index in [9.17, 15) is 0 Å². The van der Waals surface area contributed by atoms with Gasteiger partial charge in [0.05, 0.1) is 13.1 Å². The maximum Gasteiger partial charge on any atom is 0.191 e. The summed E-state index contributed by atoms with van der Waals surface area (Å²) in [4.78, 5) is 4.66. The van der Waals surface area contributed by atoms with E-state index in [1.807, 2.05) is 0 Å². The lowest BCUT2D eigenvalue weighted by Gasteiger charge is -2.16. The molecule has 0 radical (unpaired) electrons. The highest BCUT2D eigenvalue weighted by atomic mass is 127. The van der Waals surface area contributed by atoms with Gasteiger partial charge in [0.25, 0.3) is 0 Å². The molecule has 0 spiro atoms. The van der Waals surface area contributed by atoms with E-state index in [0.717, 1.165) is 37.1 Å². The van der Waals surface area contributed by atoms with Gasteiger partial charge in [-0.3, -0.25) is 0 Å². The molecule has 0 fully saturated rings. The molecule has 0 saturated carbocycles. The first kappa shape index (κ1) is 19.7. The van der Waals surface area contributed by atoms with E-state index >= 15 is 0 Å². The Morgan fingerprint density at radius 3 is 2.72 bits per heavy atom. The van der Waals surface area contributed by atoms with Crippen molar-refractivity contribution in [3.63, 3.8) is 0 Å². The van der Waals surface area contributed by atoms with Gasteiger partial charge < -0.3 is 15.2 Å². The SMILES string of the molecule is CCNC(=NCc1ccc(C)cc1)NCc1nnc2n1CCCC2.I. The fourth-order valence-corrected chi connectivity index (χ4v) is 2.87. The van der Waals surface area contributed by atoms with Crippen LogP contribution in [0.2, 0.25) is 0 Å². The molecule has 0 bridgehead atoms. The van der Waals surface area contributed by atoms with Crippen LogP contribution >= 0.6 is 24.0 Å². The number of benzene rings is 1. The maximum atomic E-state index is 4.66. The van der Waals surface area contributed by atoms with Gasteiger partial charge in [0.2, 0.25) is 0 Å². The molecule has 1 aromatic heterocycles. The Kier molecular flexibility index (Phi) is 7.67. The fourth-order valence-electron chi connectivity index (χ4n) is 2.87. The van der Waals surface area contributed by atoms with Gasteiger partial charge in [-0.25, -0.2) is 4.99 Å². The largest absolute Gasteiger partial charge is 0.357 e. The minimum absolute atomic E-state index is 0. The summed E-state index contributed by atoms with van der Waals surface area (Å²) in [6.45, 7) is 7.33. The van der Waals surface area contributed by atoms with Gasteiger partial charge in [0.15, 0.2) is 11.8 Å². The van der Waals surface area contributed by atoms with Crippen LogP contribution in [0.4, 0.5) is 0 Å². The van der Waals surface area contributed by atoms with Crippen molar-refractivity contribution in [2.45, 2.75) is 52.7 Å². The molecule has 1 aromatic carbocycles. The Bertz CT molecular complexity index is 692. The standard InChI is InChI=1S/C18H26N6.HI/c1-3-19-18(20-12-15-9-7-14(2)8-10-15)21-13-17-23-22-16-6-4-5-11-24(16)17;/h7-10H,3-6,11-13H2,1-2H3,(H2,19,20,21);1H. The minimum atomic E-state index is 0. The third kappa shape index (κ3) is 5.42. The Morgan fingerprint density at radius 1 is 1.16 bits per heavy atom. The number of aliphatic imine (C=N–C) groups is 1. The summed E-state index contributed by atoms with van der Waals surface area (Å²) in [5, 5.41) is 15.3. The fraction of sp³-hybridized carbons (Fsp3) is 0.500. The van der Waals surface area contributed by atoms with E-state index < -0.39 is 0 Å². The maximum absolute atomic E-state index is 4.66. The number of hydrogen-bond acceptors (Lipinski definition) is 3. The van der Waals surface area contributed by atoms with E-state index in [-0.39, 0.29) is 24.0 Å². The van der Waals surface area contributed by atoms with Crippen LogP contribution in [-0.4, -0.2) is 27.3 Å². The highest BCUT2D eigenvalue weighted by Gasteiger charge is 2.15. The number of nitrogens with zero attached hydrogens (tertiary/aromatic N) is 4. The van der Waals surface area contributed by atoms with Crippen LogP contribution in [-0.2, 0) is 26.1 Å². The summed E-state index contributed by atoms with van der Waals surface area (Å²) < 4.78 is 2.24. The predicted octanol–water partition coefficient (Wildman–Crippen LogP) is 2.80. The quantitative estimate of drug-likeness (QED) is 0.414. The molecule has 0 unspecified atom stereocenters. The van der Waals surface area contributed by atoms with Gasteiger partial charge in [-0.05, 0) is 32.3 Å². The number of aromatic nitrogens is 3. The number of guanidine groups is 1. The Balaban J connectivity index is 0.00000225. The van der Waals surface area contributed by atoms with E-state index in [0.29, 0.717) is 13.1 Å². The first-order valence-electron chi connectivity index (χ1n) is 8.75. The van der Waals surface area contributed by atoms with E-state index in [1.54, 1.807) is 0 Å². The molecule has 1 aliphatic heterocycles. The van der Waals surface area contributed by atoms with Crippen LogP contribution in [0, 0.1) is 6.92 Å². The van der Waals surface area contributed by atoms with Gasteiger partial charge in [0.1, 0.15) is 5.82 Å². The normalized spacial score (nSPS) is 13.8. The van der Waals surface area contributed by atoms with Crippen LogP contribution in [0.15, 0.2) is 29.3 Å². The number of hydrogen-bond donors (Lipinski definition) is 2. The van der Waals surface area contributed by atoms with Gasteiger partial charge in [-0.2, -0.15) is 0 Å². The van der Waals surface area contributed by atoms with Crippen LogP contribution in [0.25, 0.3) is 0 Å². The lowest BCUT2D eigenvalue weighted by Crippen LogP contribution is -2.37.